The SMILES string of the molecule is C/C(=N/NC(=O)Cc1cc(=O)[nH]c(=S)[nH]1)c1ccc(CC(C)C)cc1. The lowest BCUT2D eigenvalue weighted by molar-refractivity contribution is -0.120. The molecular formula is C18H22N4O2S. The van der Waals surface area contributed by atoms with Crippen LogP contribution in [0, 0.1) is 10.7 Å². The Labute approximate surface area is 151 Å². The van der Waals surface area contributed by atoms with Crippen LogP contribution in [0.25, 0.3) is 0 Å². The summed E-state index contributed by atoms with van der Waals surface area (Å²) in [6.45, 7) is 6.20. The topological polar surface area (TPSA) is 90.1 Å². The van der Waals surface area contributed by atoms with E-state index in [9.17, 15) is 9.59 Å². The number of benzene rings is 1. The normalized spacial score (nSPS) is 11.6. The van der Waals surface area contributed by atoms with Gasteiger partial charge in [-0.3, -0.25) is 14.6 Å². The van der Waals surface area contributed by atoms with E-state index < -0.39 is 0 Å². The van der Waals surface area contributed by atoms with Gasteiger partial charge in [0.25, 0.3) is 5.56 Å². The van der Waals surface area contributed by atoms with Crippen LogP contribution < -0.4 is 11.0 Å². The average molecular weight is 358 g/mol. The number of amides is 1. The van der Waals surface area contributed by atoms with Crippen LogP contribution in [-0.4, -0.2) is 21.6 Å². The number of hydrazone groups is 1. The summed E-state index contributed by atoms with van der Waals surface area (Å²) in [5, 5.41) is 4.12. The van der Waals surface area contributed by atoms with Gasteiger partial charge in [-0.05, 0) is 42.6 Å². The first-order chi connectivity index (χ1) is 11.8. The number of rotatable bonds is 6. The Kier molecular flexibility index (Phi) is 6.41. The summed E-state index contributed by atoms with van der Waals surface area (Å²) >= 11 is 4.88. The Morgan fingerprint density at radius 3 is 2.52 bits per heavy atom. The molecule has 0 spiro atoms. The van der Waals surface area contributed by atoms with E-state index >= 15 is 0 Å². The molecular weight excluding hydrogens is 336 g/mol. The molecule has 0 saturated heterocycles. The molecule has 0 unspecified atom stereocenters. The highest BCUT2D eigenvalue weighted by molar-refractivity contribution is 7.71. The fourth-order valence-corrected chi connectivity index (χ4v) is 2.62. The third-order valence-corrected chi connectivity index (χ3v) is 3.74. The molecule has 132 valence electrons. The van der Waals surface area contributed by atoms with Crippen LogP contribution in [-0.2, 0) is 17.6 Å². The fourth-order valence-electron chi connectivity index (χ4n) is 2.39. The molecule has 1 heterocycles. The predicted octanol–water partition coefficient (Wildman–Crippen LogP) is 2.71. The van der Waals surface area contributed by atoms with Gasteiger partial charge in [-0.1, -0.05) is 38.1 Å². The molecule has 25 heavy (non-hydrogen) atoms. The highest BCUT2D eigenvalue weighted by Gasteiger charge is 2.05. The second kappa shape index (κ2) is 8.53. The molecule has 6 nitrogen and oxygen atoms in total. The second-order valence-corrected chi connectivity index (χ2v) is 6.73. The molecule has 0 aliphatic rings. The van der Waals surface area contributed by atoms with E-state index in [0.717, 1.165) is 12.0 Å². The van der Waals surface area contributed by atoms with E-state index in [1.165, 1.54) is 11.6 Å². The highest BCUT2D eigenvalue weighted by atomic mass is 32.1. The van der Waals surface area contributed by atoms with Crippen molar-refractivity contribution in [1.82, 2.24) is 15.4 Å². The molecule has 0 saturated carbocycles. The predicted molar refractivity (Wildman–Crippen MR) is 101 cm³/mol. The molecule has 1 aromatic carbocycles. The molecule has 7 heteroatoms. The number of aromatic nitrogens is 2. The van der Waals surface area contributed by atoms with Gasteiger partial charge in [0.2, 0.25) is 5.91 Å². The Bertz CT molecular complexity index is 851. The number of hydrogen-bond donors (Lipinski definition) is 3. The summed E-state index contributed by atoms with van der Waals surface area (Å²) in [6, 6.07) is 9.45. The summed E-state index contributed by atoms with van der Waals surface area (Å²) in [6.07, 6.45) is 1.03. The Morgan fingerprint density at radius 1 is 1.24 bits per heavy atom. The zero-order chi connectivity index (χ0) is 18.4. The van der Waals surface area contributed by atoms with Crippen molar-refractivity contribution >= 4 is 23.8 Å². The maximum absolute atomic E-state index is 12.0. The number of nitrogens with one attached hydrogen (secondary N) is 3. The summed E-state index contributed by atoms with van der Waals surface area (Å²) in [7, 11) is 0. The highest BCUT2D eigenvalue weighted by Crippen LogP contribution is 2.10. The third-order valence-electron chi connectivity index (χ3n) is 3.53. The van der Waals surface area contributed by atoms with E-state index in [-0.39, 0.29) is 22.7 Å². The lowest BCUT2D eigenvalue weighted by Gasteiger charge is -2.07. The first-order valence-electron chi connectivity index (χ1n) is 8.08. The molecule has 2 aromatic rings. The van der Waals surface area contributed by atoms with E-state index in [0.29, 0.717) is 17.3 Å². The van der Waals surface area contributed by atoms with E-state index in [1.807, 2.05) is 19.1 Å². The molecule has 3 N–H and O–H groups in total. The minimum atomic E-state index is -0.340. The average Bonchev–Trinajstić information content (AvgIpc) is 2.51. The van der Waals surface area contributed by atoms with E-state index in [2.05, 4.69) is 46.5 Å². The lowest BCUT2D eigenvalue weighted by Crippen LogP contribution is -2.23. The molecule has 0 atom stereocenters. The standard InChI is InChI=1S/C18H22N4O2S/c1-11(2)8-13-4-6-14(7-5-13)12(3)21-22-17(24)10-15-9-16(23)20-18(25)19-15/h4-7,9,11H,8,10H2,1-3H3,(H,22,24)(H2,19,20,23,25)/b21-12-. The van der Waals surface area contributed by atoms with Gasteiger partial charge in [0, 0.05) is 11.8 Å². The van der Waals surface area contributed by atoms with Crippen molar-refractivity contribution in [2.45, 2.75) is 33.6 Å². The van der Waals surface area contributed by atoms with Crippen LogP contribution in [0.5, 0.6) is 0 Å². The number of aromatic amines is 2. The van der Waals surface area contributed by atoms with Crippen LogP contribution >= 0.6 is 12.2 Å². The van der Waals surface area contributed by atoms with E-state index in [4.69, 9.17) is 12.2 Å². The van der Waals surface area contributed by atoms with Crippen molar-refractivity contribution in [3.8, 4) is 0 Å². The van der Waals surface area contributed by atoms with Crippen molar-refractivity contribution in [3.05, 3.63) is 62.3 Å². The monoisotopic (exact) mass is 358 g/mol. The maximum atomic E-state index is 12.0. The van der Waals surface area contributed by atoms with Gasteiger partial charge in [-0.15, -0.1) is 0 Å². The van der Waals surface area contributed by atoms with Gasteiger partial charge in [0.05, 0.1) is 12.1 Å². The van der Waals surface area contributed by atoms with E-state index in [1.54, 1.807) is 0 Å². The molecule has 0 aliphatic carbocycles. The van der Waals surface area contributed by atoms with Crippen LogP contribution in [0.1, 0.15) is 37.6 Å². The molecule has 0 radical (unpaired) electrons. The lowest BCUT2D eigenvalue weighted by atomic mass is 10.0. The minimum Gasteiger partial charge on any atom is -0.335 e. The summed E-state index contributed by atoms with van der Waals surface area (Å²) in [5.41, 5.74) is 5.54. The first-order valence-corrected chi connectivity index (χ1v) is 8.49. The summed E-state index contributed by atoms with van der Waals surface area (Å²) in [5.74, 6) is 0.282. The number of hydrogen-bond acceptors (Lipinski definition) is 4. The number of nitrogens with zero attached hydrogens (tertiary/aromatic N) is 1. The first kappa shape index (κ1) is 18.8. The van der Waals surface area contributed by atoms with Crippen LogP contribution in [0.2, 0.25) is 0 Å². The Hall–Kier alpha value is -2.54. The third kappa shape index (κ3) is 6.11. The van der Waals surface area contributed by atoms with Crippen LogP contribution in [0.3, 0.4) is 0 Å². The largest absolute Gasteiger partial charge is 0.335 e. The zero-order valence-electron chi connectivity index (χ0n) is 14.6. The van der Waals surface area contributed by atoms with Crippen molar-refractivity contribution in [1.29, 1.82) is 0 Å². The van der Waals surface area contributed by atoms with Crippen molar-refractivity contribution in [2.75, 3.05) is 0 Å². The van der Waals surface area contributed by atoms with Gasteiger partial charge in [-0.25, -0.2) is 5.43 Å². The maximum Gasteiger partial charge on any atom is 0.251 e. The smallest absolute Gasteiger partial charge is 0.251 e. The molecule has 1 aromatic heterocycles. The number of carbonyl (C=O) groups excluding carboxylic acids is 1. The van der Waals surface area contributed by atoms with Crippen molar-refractivity contribution in [2.24, 2.45) is 11.0 Å². The quantitative estimate of drug-likeness (QED) is 0.421. The molecule has 0 fully saturated rings. The number of H-pyrrole nitrogens is 2. The van der Waals surface area contributed by atoms with Gasteiger partial charge in [0.15, 0.2) is 4.77 Å². The zero-order valence-corrected chi connectivity index (χ0v) is 15.4. The van der Waals surface area contributed by atoms with Crippen molar-refractivity contribution < 1.29 is 4.79 Å². The van der Waals surface area contributed by atoms with Gasteiger partial charge in [-0.2, -0.15) is 5.10 Å². The van der Waals surface area contributed by atoms with Crippen LogP contribution in [0.15, 0.2) is 40.2 Å². The summed E-state index contributed by atoms with van der Waals surface area (Å²) in [4.78, 5) is 28.5. The van der Waals surface area contributed by atoms with Gasteiger partial charge < -0.3 is 4.98 Å². The fraction of sp³-hybridized carbons (Fsp3) is 0.333. The molecule has 1 amide bonds. The summed E-state index contributed by atoms with van der Waals surface area (Å²) < 4.78 is 0.191. The number of carbonyl (C=O) groups is 1. The Morgan fingerprint density at radius 2 is 1.92 bits per heavy atom. The molecule has 2 rings (SSSR count). The van der Waals surface area contributed by atoms with Crippen molar-refractivity contribution in [3.63, 3.8) is 0 Å². The molecule has 0 bridgehead atoms. The molecule has 0 aliphatic heterocycles. The van der Waals surface area contributed by atoms with Gasteiger partial charge in [0.1, 0.15) is 0 Å². The Balaban J connectivity index is 1.98. The second-order valence-electron chi connectivity index (χ2n) is 6.32. The van der Waals surface area contributed by atoms with Crippen LogP contribution in [0.4, 0.5) is 0 Å². The van der Waals surface area contributed by atoms with Gasteiger partial charge >= 0.3 is 0 Å². The minimum absolute atomic E-state index is 0.00232.